The molecule has 170 valence electrons. The molecule has 1 aliphatic rings. The first-order valence-electron chi connectivity index (χ1n) is 10.3. The largest absolute Gasteiger partial charge is 0.507 e. The number of carbonyl (C=O) groups is 2. The highest BCUT2D eigenvalue weighted by molar-refractivity contribution is 6.05. The molecule has 1 fully saturated rings. The molecule has 33 heavy (non-hydrogen) atoms. The molecule has 1 aliphatic heterocycles. The third kappa shape index (κ3) is 5.40. The van der Waals surface area contributed by atoms with E-state index in [1.165, 1.54) is 18.2 Å². The molecule has 10 heteroatoms. The minimum Gasteiger partial charge on any atom is -0.507 e. The van der Waals surface area contributed by atoms with Crippen LogP contribution in [0.15, 0.2) is 54.9 Å². The normalized spacial score (nSPS) is 15.7. The highest BCUT2D eigenvalue weighted by Gasteiger charge is 2.24. The summed E-state index contributed by atoms with van der Waals surface area (Å²) in [5.41, 5.74) is -0.000251. The lowest BCUT2D eigenvalue weighted by atomic mass is 10.0. The van der Waals surface area contributed by atoms with Gasteiger partial charge >= 0.3 is 0 Å². The smallest absolute Gasteiger partial charge is 0.255 e. The number of aromatic nitrogens is 2. The highest BCUT2D eigenvalue weighted by atomic mass is 19.1. The van der Waals surface area contributed by atoms with Gasteiger partial charge in [-0.2, -0.15) is 0 Å². The van der Waals surface area contributed by atoms with Gasteiger partial charge in [0.25, 0.3) is 11.8 Å². The lowest BCUT2D eigenvalue weighted by Crippen LogP contribution is -2.48. The average molecular weight is 453 g/mol. The van der Waals surface area contributed by atoms with Crippen molar-refractivity contribution in [3.63, 3.8) is 0 Å². The SMILES string of the molecule is O=C(Nc1ccc(C(=O)NC2CCCN(c3ncccn3)C2)c(O)c1)c1cc(F)cc(F)c1. The fourth-order valence-electron chi connectivity index (χ4n) is 3.68. The maximum absolute atomic E-state index is 13.3. The van der Waals surface area contributed by atoms with Crippen LogP contribution >= 0.6 is 0 Å². The number of anilines is 2. The molecule has 3 aromatic rings. The van der Waals surface area contributed by atoms with Gasteiger partial charge < -0.3 is 20.6 Å². The van der Waals surface area contributed by atoms with Crippen LogP contribution in [0.2, 0.25) is 0 Å². The molecule has 2 aromatic carbocycles. The van der Waals surface area contributed by atoms with E-state index in [4.69, 9.17) is 0 Å². The van der Waals surface area contributed by atoms with Gasteiger partial charge in [-0.3, -0.25) is 9.59 Å². The maximum atomic E-state index is 13.3. The molecule has 4 rings (SSSR count). The Morgan fingerprint density at radius 1 is 1.03 bits per heavy atom. The number of halogens is 2. The van der Waals surface area contributed by atoms with Crippen LogP contribution < -0.4 is 15.5 Å². The molecule has 0 spiro atoms. The Labute approximate surface area is 188 Å². The predicted molar refractivity (Wildman–Crippen MR) is 117 cm³/mol. The number of nitrogens with zero attached hydrogens (tertiary/aromatic N) is 3. The van der Waals surface area contributed by atoms with Gasteiger partial charge in [-0.25, -0.2) is 18.7 Å². The number of phenolic OH excluding ortho intramolecular Hbond substituents is 1. The summed E-state index contributed by atoms with van der Waals surface area (Å²) in [6.45, 7) is 1.32. The molecule has 1 aromatic heterocycles. The lowest BCUT2D eigenvalue weighted by Gasteiger charge is -2.33. The van der Waals surface area contributed by atoms with E-state index >= 15 is 0 Å². The number of amides is 2. The molecule has 1 unspecified atom stereocenters. The second kappa shape index (κ2) is 9.60. The summed E-state index contributed by atoms with van der Waals surface area (Å²) < 4.78 is 26.7. The predicted octanol–water partition coefficient (Wildman–Crippen LogP) is 3.11. The zero-order valence-corrected chi connectivity index (χ0v) is 17.5. The van der Waals surface area contributed by atoms with Crippen molar-refractivity contribution < 1.29 is 23.5 Å². The van der Waals surface area contributed by atoms with Crippen molar-refractivity contribution in [3.8, 4) is 5.75 Å². The molecule has 0 saturated carbocycles. The first-order valence-corrected chi connectivity index (χ1v) is 10.3. The Hall–Kier alpha value is -4.08. The number of carbonyl (C=O) groups excluding carboxylic acids is 2. The number of phenols is 1. The third-order valence-electron chi connectivity index (χ3n) is 5.22. The van der Waals surface area contributed by atoms with Gasteiger partial charge in [0, 0.05) is 54.9 Å². The second-order valence-corrected chi connectivity index (χ2v) is 7.65. The van der Waals surface area contributed by atoms with Crippen molar-refractivity contribution in [3.05, 3.63) is 77.6 Å². The van der Waals surface area contributed by atoms with E-state index in [2.05, 4.69) is 20.6 Å². The Balaban J connectivity index is 1.40. The minimum atomic E-state index is -0.880. The molecule has 8 nitrogen and oxygen atoms in total. The van der Waals surface area contributed by atoms with Crippen molar-refractivity contribution in [1.82, 2.24) is 15.3 Å². The van der Waals surface area contributed by atoms with Crippen LogP contribution in [0, 0.1) is 11.6 Å². The first-order chi connectivity index (χ1) is 15.9. The van der Waals surface area contributed by atoms with E-state index in [9.17, 15) is 23.5 Å². The fraction of sp³-hybridized carbons (Fsp3) is 0.217. The van der Waals surface area contributed by atoms with Crippen LogP contribution in [-0.4, -0.2) is 46.0 Å². The number of rotatable bonds is 5. The van der Waals surface area contributed by atoms with Gasteiger partial charge in [0.05, 0.1) is 5.56 Å². The Bertz CT molecular complexity index is 1160. The minimum absolute atomic E-state index is 0.0397. The van der Waals surface area contributed by atoms with Gasteiger partial charge in [0.1, 0.15) is 17.4 Å². The zero-order valence-electron chi connectivity index (χ0n) is 17.5. The van der Waals surface area contributed by atoms with E-state index < -0.39 is 23.4 Å². The quantitative estimate of drug-likeness (QED) is 0.548. The summed E-state index contributed by atoms with van der Waals surface area (Å²) in [5, 5.41) is 15.7. The van der Waals surface area contributed by atoms with E-state index in [1.54, 1.807) is 18.5 Å². The molecular weight excluding hydrogens is 432 g/mol. The van der Waals surface area contributed by atoms with Crippen molar-refractivity contribution in [2.75, 3.05) is 23.3 Å². The van der Waals surface area contributed by atoms with E-state index in [0.717, 1.165) is 31.5 Å². The zero-order chi connectivity index (χ0) is 23.4. The van der Waals surface area contributed by atoms with Gasteiger partial charge in [0.2, 0.25) is 5.95 Å². The summed E-state index contributed by atoms with van der Waals surface area (Å²) in [7, 11) is 0. The third-order valence-corrected chi connectivity index (χ3v) is 5.22. The maximum Gasteiger partial charge on any atom is 0.255 e. The molecule has 1 atom stereocenters. The second-order valence-electron chi connectivity index (χ2n) is 7.65. The number of hydrogen-bond donors (Lipinski definition) is 3. The molecule has 1 saturated heterocycles. The van der Waals surface area contributed by atoms with Crippen molar-refractivity contribution >= 4 is 23.5 Å². The number of aromatic hydroxyl groups is 1. The highest BCUT2D eigenvalue weighted by Crippen LogP contribution is 2.24. The van der Waals surface area contributed by atoms with Crippen LogP contribution in [0.5, 0.6) is 5.75 Å². The Morgan fingerprint density at radius 3 is 2.45 bits per heavy atom. The van der Waals surface area contributed by atoms with Gasteiger partial charge in [-0.1, -0.05) is 0 Å². The van der Waals surface area contributed by atoms with E-state index in [0.29, 0.717) is 18.6 Å². The van der Waals surface area contributed by atoms with Crippen molar-refractivity contribution in [2.45, 2.75) is 18.9 Å². The molecule has 0 aliphatic carbocycles. The van der Waals surface area contributed by atoms with Gasteiger partial charge in [0.15, 0.2) is 0 Å². The van der Waals surface area contributed by atoms with E-state index in [-0.39, 0.29) is 28.6 Å². The number of piperidine rings is 1. The summed E-state index contributed by atoms with van der Waals surface area (Å²) in [5.74, 6) is -2.72. The molecule has 3 N–H and O–H groups in total. The first kappa shape index (κ1) is 22.1. The average Bonchev–Trinajstić information content (AvgIpc) is 2.79. The Kier molecular flexibility index (Phi) is 6.43. The summed E-state index contributed by atoms with van der Waals surface area (Å²) in [4.78, 5) is 35.4. The molecule has 2 amide bonds. The number of hydrogen-bond acceptors (Lipinski definition) is 6. The van der Waals surface area contributed by atoms with Crippen LogP contribution in [0.4, 0.5) is 20.4 Å². The number of benzene rings is 2. The van der Waals surface area contributed by atoms with Gasteiger partial charge in [-0.15, -0.1) is 0 Å². The summed E-state index contributed by atoms with van der Waals surface area (Å²) in [6.07, 6.45) is 4.94. The monoisotopic (exact) mass is 453 g/mol. The molecule has 0 bridgehead atoms. The van der Waals surface area contributed by atoms with Crippen LogP contribution in [0.3, 0.4) is 0 Å². The molecular formula is C23H21F2N5O3. The topological polar surface area (TPSA) is 107 Å². The lowest BCUT2D eigenvalue weighted by molar-refractivity contribution is 0.0930. The van der Waals surface area contributed by atoms with Crippen molar-refractivity contribution in [1.29, 1.82) is 0 Å². The number of nitrogens with one attached hydrogen (secondary N) is 2. The van der Waals surface area contributed by atoms with Gasteiger partial charge in [-0.05, 0) is 43.2 Å². The molecule has 0 radical (unpaired) electrons. The van der Waals surface area contributed by atoms with Crippen LogP contribution in [-0.2, 0) is 0 Å². The molecule has 2 heterocycles. The van der Waals surface area contributed by atoms with Crippen LogP contribution in [0.25, 0.3) is 0 Å². The fourth-order valence-corrected chi connectivity index (χ4v) is 3.68. The van der Waals surface area contributed by atoms with Crippen molar-refractivity contribution in [2.24, 2.45) is 0 Å². The summed E-state index contributed by atoms with van der Waals surface area (Å²) in [6, 6.07) is 8.03. The van der Waals surface area contributed by atoms with E-state index in [1.807, 2.05) is 4.90 Å². The Morgan fingerprint density at radius 2 is 1.76 bits per heavy atom. The van der Waals surface area contributed by atoms with Crippen LogP contribution in [0.1, 0.15) is 33.6 Å². The standard InChI is InChI=1S/C23H21F2N5O3/c24-15-9-14(10-16(25)11-15)21(32)28-17-4-5-19(20(31)12-17)22(33)29-18-3-1-8-30(13-18)23-26-6-2-7-27-23/h2,4-7,9-12,18,31H,1,3,8,13H2,(H,28,32)(H,29,33). The summed E-state index contributed by atoms with van der Waals surface area (Å²) >= 11 is 0.